The van der Waals surface area contributed by atoms with Crippen LogP contribution in [0.4, 0.5) is 0 Å². The lowest BCUT2D eigenvalue weighted by molar-refractivity contribution is 0.119. The van der Waals surface area contributed by atoms with Gasteiger partial charge in [-0.1, -0.05) is 29.8 Å². The van der Waals surface area contributed by atoms with Gasteiger partial charge in [0.1, 0.15) is 0 Å². The lowest BCUT2D eigenvalue weighted by atomic mass is 10.00. The third-order valence-corrected chi connectivity index (χ3v) is 3.31. The minimum absolute atomic E-state index is 0.361. The highest BCUT2D eigenvalue weighted by Gasteiger charge is 2.18. The van der Waals surface area contributed by atoms with Crippen molar-refractivity contribution in [3.63, 3.8) is 0 Å². The Hall–Kier alpha value is -1.72. The van der Waals surface area contributed by atoms with Crippen LogP contribution in [0.25, 0.3) is 11.5 Å². The molecule has 0 aliphatic heterocycles. The lowest BCUT2D eigenvalue weighted by Crippen LogP contribution is -2.18. The summed E-state index contributed by atoms with van der Waals surface area (Å²) < 4.78 is 10.8. The van der Waals surface area contributed by atoms with Gasteiger partial charge in [-0.25, -0.2) is 0 Å². The van der Waals surface area contributed by atoms with E-state index >= 15 is 0 Å². The van der Waals surface area contributed by atoms with Crippen LogP contribution in [0.15, 0.2) is 16.7 Å². The number of ether oxygens (including phenoxy) is 1. The monoisotopic (exact) mass is 289 g/mol. The number of nitrogens with zero attached hydrogens (tertiary/aromatic N) is 2. The second-order valence-electron chi connectivity index (χ2n) is 5.41. The van der Waals surface area contributed by atoms with Crippen molar-refractivity contribution in [2.45, 2.75) is 40.2 Å². The van der Waals surface area contributed by atoms with E-state index in [1.54, 1.807) is 0 Å². The standard InChI is InChI=1S/C16H23N3O2/c1-5-6-20-9-13(17)15-18-16(21-19-15)14-11(3)7-10(2)8-12(14)4/h7-8,13H,5-6,9,17H2,1-4H3. The highest BCUT2D eigenvalue weighted by molar-refractivity contribution is 5.63. The van der Waals surface area contributed by atoms with Gasteiger partial charge in [0.2, 0.25) is 0 Å². The smallest absolute Gasteiger partial charge is 0.258 e. The molecule has 0 amide bonds. The Labute approximate surface area is 125 Å². The first-order valence-corrected chi connectivity index (χ1v) is 7.28. The summed E-state index contributed by atoms with van der Waals surface area (Å²) in [6.45, 7) is 9.31. The summed E-state index contributed by atoms with van der Waals surface area (Å²) in [5.41, 5.74) is 10.5. The number of hydrogen-bond donors (Lipinski definition) is 1. The van der Waals surface area contributed by atoms with Gasteiger partial charge in [0, 0.05) is 12.2 Å². The maximum absolute atomic E-state index is 6.02. The van der Waals surface area contributed by atoms with Crippen molar-refractivity contribution in [3.05, 3.63) is 34.6 Å². The molecule has 1 unspecified atom stereocenters. The zero-order chi connectivity index (χ0) is 15.4. The molecule has 2 N–H and O–H groups in total. The van der Waals surface area contributed by atoms with E-state index in [-0.39, 0.29) is 6.04 Å². The van der Waals surface area contributed by atoms with E-state index in [2.05, 4.69) is 36.1 Å². The molecule has 1 atom stereocenters. The molecule has 0 saturated carbocycles. The number of rotatable bonds is 6. The van der Waals surface area contributed by atoms with Crippen LogP contribution < -0.4 is 5.73 Å². The molecule has 1 aromatic carbocycles. The third kappa shape index (κ3) is 3.68. The Bertz CT molecular complexity index is 584. The van der Waals surface area contributed by atoms with Crippen LogP contribution in [0.1, 0.15) is 41.9 Å². The maximum Gasteiger partial charge on any atom is 0.258 e. The predicted octanol–water partition coefficient (Wildman–Crippen LogP) is 3.09. The normalized spacial score (nSPS) is 12.6. The SMILES string of the molecule is CCCOCC(N)c1noc(-c2c(C)cc(C)cc2C)n1. The van der Waals surface area contributed by atoms with Crippen LogP contribution >= 0.6 is 0 Å². The van der Waals surface area contributed by atoms with Gasteiger partial charge in [-0.2, -0.15) is 4.98 Å². The fraction of sp³-hybridized carbons (Fsp3) is 0.500. The van der Waals surface area contributed by atoms with E-state index in [1.807, 2.05) is 13.8 Å². The molecule has 5 nitrogen and oxygen atoms in total. The first kappa shape index (κ1) is 15.7. The Kier molecular flexibility index (Phi) is 5.09. The van der Waals surface area contributed by atoms with Crippen LogP contribution in [0.5, 0.6) is 0 Å². The fourth-order valence-corrected chi connectivity index (χ4v) is 2.43. The van der Waals surface area contributed by atoms with Crippen molar-refractivity contribution in [3.8, 4) is 11.5 Å². The Morgan fingerprint density at radius 2 is 1.90 bits per heavy atom. The molecule has 2 aromatic rings. The van der Waals surface area contributed by atoms with Gasteiger partial charge in [0.05, 0.1) is 12.6 Å². The second kappa shape index (κ2) is 6.83. The van der Waals surface area contributed by atoms with Crippen LogP contribution in [0.2, 0.25) is 0 Å². The molecule has 0 bridgehead atoms. The first-order valence-electron chi connectivity index (χ1n) is 7.28. The largest absolute Gasteiger partial charge is 0.379 e. The van der Waals surface area contributed by atoms with E-state index in [0.717, 1.165) is 23.1 Å². The summed E-state index contributed by atoms with van der Waals surface area (Å²) in [4.78, 5) is 4.43. The molecule has 21 heavy (non-hydrogen) atoms. The highest BCUT2D eigenvalue weighted by atomic mass is 16.5. The van der Waals surface area contributed by atoms with E-state index in [9.17, 15) is 0 Å². The average Bonchev–Trinajstić information content (AvgIpc) is 2.87. The summed E-state index contributed by atoms with van der Waals surface area (Å²) in [6, 6.07) is 3.85. The summed E-state index contributed by atoms with van der Waals surface area (Å²) in [5.74, 6) is 1.01. The van der Waals surface area contributed by atoms with Crippen molar-refractivity contribution in [2.24, 2.45) is 5.73 Å². The van der Waals surface area contributed by atoms with Crippen LogP contribution in [-0.4, -0.2) is 23.4 Å². The number of hydrogen-bond acceptors (Lipinski definition) is 5. The quantitative estimate of drug-likeness (QED) is 0.827. The number of aromatic nitrogens is 2. The van der Waals surface area contributed by atoms with Gasteiger partial charge < -0.3 is 15.0 Å². The number of benzene rings is 1. The highest BCUT2D eigenvalue weighted by Crippen LogP contribution is 2.27. The lowest BCUT2D eigenvalue weighted by Gasteiger charge is -2.08. The van der Waals surface area contributed by atoms with Crippen LogP contribution in [0, 0.1) is 20.8 Å². The zero-order valence-corrected chi connectivity index (χ0v) is 13.1. The Balaban J connectivity index is 2.20. The number of nitrogens with two attached hydrogens (primary N) is 1. The third-order valence-electron chi connectivity index (χ3n) is 3.31. The molecule has 5 heteroatoms. The van der Waals surface area contributed by atoms with Gasteiger partial charge in [-0.05, 0) is 38.3 Å². The van der Waals surface area contributed by atoms with Crippen molar-refractivity contribution >= 4 is 0 Å². The second-order valence-corrected chi connectivity index (χ2v) is 5.41. The summed E-state index contributed by atoms with van der Waals surface area (Å²) in [5, 5.41) is 3.98. The zero-order valence-electron chi connectivity index (χ0n) is 13.1. The number of aryl methyl sites for hydroxylation is 3. The van der Waals surface area contributed by atoms with E-state index in [1.165, 1.54) is 5.56 Å². The van der Waals surface area contributed by atoms with Crippen molar-refractivity contribution < 1.29 is 9.26 Å². The van der Waals surface area contributed by atoms with Crippen molar-refractivity contribution in [1.82, 2.24) is 10.1 Å². The average molecular weight is 289 g/mol. The minimum atomic E-state index is -0.361. The van der Waals surface area contributed by atoms with E-state index < -0.39 is 0 Å². The van der Waals surface area contributed by atoms with Crippen LogP contribution in [-0.2, 0) is 4.74 Å². The van der Waals surface area contributed by atoms with Gasteiger partial charge in [-0.3, -0.25) is 0 Å². The molecule has 1 aromatic heterocycles. The topological polar surface area (TPSA) is 74.2 Å². The van der Waals surface area contributed by atoms with Gasteiger partial charge >= 0.3 is 0 Å². The van der Waals surface area contributed by atoms with Crippen LogP contribution in [0.3, 0.4) is 0 Å². The molecule has 0 spiro atoms. The molecule has 0 aliphatic rings. The maximum atomic E-state index is 6.02. The molecule has 0 radical (unpaired) electrons. The summed E-state index contributed by atoms with van der Waals surface area (Å²) >= 11 is 0. The first-order chi connectivity index (χ1) is 10.0. The minimum Gasteiger partial charge on any atom is -0.379 e. The van der Waals surface area contributed by atoms with Gasteiger partial charge in [0.25, 0.3) is 5.89 Å². The van der Waals surface area contributed by atoms with Crippen molar-refractivity contribution in [1.29, 1.82) is 0 Å². The molecular formula is C16H23N3O2. The van der Waals surface area contributed by atoms with Gasteiger partial charge in [0.15, 0.2) is 5.82 Å². The summed E-state index contributed by atoms with van der Waals surface area (Å²) in [6.07, 6.45) is 0.964. The molecular weight excluding hydrogens is 266 g/mol. The molecule has 1 heterocycles. The fourth-order valence-electron chi connectivity index (χ4n) is 2.43. The molecule has 0 fully saturated rings. The molecule has 0 saturated heterocycles. The van der Waals surface area contributed by atoms with E-state index in [0.29, 0.717) is 24.9 Å². The molecule has 2 rings (SSSR count). The molecule has 114 valence electrons. The van der Waals surface area contributed by atoms with Gasteiger partial charge in [-0.15, -0.1) is 0 Å². The summed E-state index contributed by atoms with van der Waals surface area (Å²) in [7, 11) is 0. The van der Waals surface area contributed by atoms with E-state index in [4.69, 9.17) is 15.0 Å². The Morgan fingerprint density at radius 3 is 2.52 bits per heavy atom. The molecule has 0 aliphatic carbocycles. The van der Waals surface area contributed by atoms with Crippen molar-refractivity contribution in [2.75, 3.05) is 13.2 Å². The predicted molar refractivity (Wildman–Crippen MR) is 82.0 cm³/mol. The Morgan fingerprint density at radius 1 is 1.24 bits per heavy atom.